The van der Waals surface area contributed by atoms with Crippen LogP contribution in [0.25, 0.3) is 11.5 Å². The highest BCUT2D eigenvalue weighted by Crippen LogP contribution is 2.23. The van der Waals surface area contributed by atoms with E-state index in [0.717, 1.165) is 30.3 Å². The van der Waals surface area contributed by atoms with Gasteiger partial charge in [0.05, 0.1) is 12.8 Å². The van der Waals surface area contributed by atoms with Crippen molar-refractivity contribution < 1.29 is 18.3 Å². The summed E-state index contributed by atoms with van der Waals surface area (Å²) in [5, 5.41) is 0. The highest BCUT2D eigenvalue weighted by molar-refractivity contribution is 5.94. The number of carbonyl (C=O) groups is 1. The fourth-order valence-electron chi connectivity index (χ4n) is 3.56. The number of aromatic nitrogens is 1. The third-order valence-corrected chi connectivity index (χ3v) is 5.33. The summed E-state index contributed by atoms with van der Waals surface area (Å²) in [6, 6.07) is 13.4. The highest BCUT2D eigenvalue weighted by Gasteiger charge is 2.24. The van der Waals surface area contributed by atoms with Gasteiger partial charge in [0.25, 0.3) is 5.91 Å². The average molecular weight is 409 g/mol. The van der Waals surface area contributed by atoms with Gasteiger partial charge in [-0.1, -0.05) is 6.07 Å². The standard InChI is InChI=1S/C23H24FN3O3/c1-16-21(25-22(30-16)18-4-3-5-19(24)14-18)15-26-10-12-27(13-11-26)23(28)17-6-8-20(29-2)9-7-17/h3-9,14H,10-13,15H2,1-2H3. The zero-order chi connectivity index (χ0) is 21.1. The Hall–Kier alpha value is -3.19. The minimum absolute atomic E-state index is 0.0308. The lowest BCUT2D eigenvalue weighted by Gasteiger charge is -2.34. The summed E-state index contributed by atoms with van der Waals surface area (Å²) in [4.78, 5) is 21.4. The van der Waals surface area contributed by atoms with Crippen LogP contribution in [-0.4, -0.2) is 54.0 Å². The predicted octanol–water partition coefficient (Wildman–Crippen LogP) is 3.76. The maximum Gasteiger partial charge on any atom is 0.253 e. The molecule has 0 N–H and O–H groups in total. The van der Waals surface area contributed by atoms with E-state index in [0.29, 0.717) is 36.7 Å². The molecule has 0 aliphatic carbocycles. The second-order valence-electron chi connectivity index (χ2n) is 7.33. The lowest BCUT2D eigenvalue weighted by atomic mass is 10.1. The molecule has 30 heavy (non-hydrogen) atoms. The number of benzene rings is 2. The van der Waals surface area contributed by atoms with Gasteiger partial charge in [0.15, 0.2) is 0 Å². The molecule has 7 heteroatoms. The van der Waals surface area contributed by atoms with Gasteiger partial charge in [-0.2, -0.15) is 0 Å². The van der Waals surface area contributed by atoms with Crippen molar-refractivity contribution in [2.75, 3.05) is 33.3 Å². The number of aryl methyl sites for hydroxylation is 1. The molecule has 1 amide bonds. The minimum Gasteiger partial charge on any atom is -0.497 e. The summed E-state index contributed by atoms with van der Waals surface area (Å²) >= 11 is 0. The number of rotatable bonds is 5. The molecule has 1 aromatic heterocycles. The van der Waals surface area contributed by atoms with Crippen LogP contribution in [0.15, 0.2) is 52.9 Å². The summed E-state index contributed by atoms with van der Waals surface area (Å²) in [7, 11) is 1.60. The van der Waals surface area contributed by atoms with E-state index < -0.39 is 0 Å². The monoisotopic (exact) mass is 409 g/mol. The fraction of sp³-hybridized carbons (Fsp3) is 0.304. The number of ether oxygens (including phenoxy) is 1. The largest absolute Gasteiger partial charge is 0.497 e. The van der Waals surface area contributed by atoms with Gasteiger partial charge in [-0.25, -0.2) is 9.37 Å². The van der Waals surface area contributed by atoms with Crippen LogP contribution in [0, 0.1) is 12.7 Å². The van der Waals surface area contributed by atoms with Crippen LogP contribution in [0.2, 0.25) is 0 Å². The van der Waals surface area contributed by atoms with Crippen LogP contribution in [0.5, 0.6) is 5.75 Å². The van der Waals surface area contributed by atoms with Crippen molar-refractivity contribution in [3.05, 3.63) is 71.4 Å². The molecule has 6 nitrogen and oxygen atoms in total. The molecule has 1 fully saturated rings. The van der Waals surface area contributed by atoms with Crippen LogP contribution in [0.1, 0.15) is 21.8 Å². The Morgan fingerprint density at radius 3 is 2.53 bits per heavy atom. The molecule has 0 bridgehead atoms. The Labute approximate surface area is 174 Å². The number of oxazole rings is 1. The zero-order valence-corrected chi connectivity index (χ0v) is 17.1. The maximum absolute atomic E-state index is 13.5. The topological polar surface area (TPSA) is 58.8 Å². The second kappa shape index (κ2) is 8.67. The summed E-state index contributed by atoms with van der Waals surface area (Å²) in [6.45, 7) is 5.31. The number of hydrogen-bond donors (Lipinski definition) is 0. The molecule has 0 spiro atoms. The molecule has 0 unspecified atom stereocenters. The van der Waals surface area contributed by atoms with Crippen molar-refractivity contribution in [2.24, 2.45) is 0 Å². The number of amides is 1. The minimum atomic E-state index is -0.317. The highest BCUT2D eigenvalue weighted by atomic mass is 19.1. The van der Waals surface area contributed by atoms with E-state index in [4.69, 9.17) is 9.15 Å². The first-order chi connectivity index (χ1) is 14.5. The van der Waals surface area contributed by atoms with E-state index >= 15 is 0 Å². The molecular weight excluding hydrogens is 385 g/mol. The Kier molecular flexibility index (Phi) is 5.81. The molecule has 3 aromatic rings. The molecular formula is C23H24FN3O3. The zero-order valence-electron chi connectivity index (χ0n) is 17.1. The second-order valence-corrected chi connectivity index (χ2v) is 7.33. The lowest BCUT2D eigenvalue weighted by Crippen LogP contribution is -2.48. The van der Waals surface area contributed by atoms with Crippen molar-refractivity contribution >= 4 is 5.91 Å². The molecule has 2 heterocycles. The Bertz CT molecular complexity index is 1020. The SMILES string of the molecule is COc1ccc(C(=O)N2CCN(Cc3nc(-c4cccc(F)c4)oc3C)CC2)cc1. The van der Waals surface area contributed by atoms with Gasteiger partial charge < -0.3 is 14.1 Å². The molecule has 1 aliphatic rings. The first kappa shape index (κ1) is 20.1. The van der Waals surface area contributed by atoms with E-state index in [9.17, 15) is 9.18 Å². The summed E-state index contributed by atoms with van der Waals surface area (Å²) in [5.74, 6) is 1.60. The third kappa shape index (κ3) is 4.36. The van der Waals surface area contributed by atoms with Crippen molar-refractivity contribution in [3.63, 3.8) is 0 Å². The van der Waals surface area contributed by atoms with Crippen LogP contribution in [-0.2, 0) is 6.54 Å². The number of carbonyl (C=O) groups excluding carboxylic acids is 1. The first-order valence-corrected chi connectivity index (χ1v) is 9.91. The predicted molar refractivity (Wildman–Crippen MR) is 111 cm³/mol. The Morgan fingerprint density at radius 2 is 1.87 bits per heavy atom. The van der Waals surface area contributed by atoms with Gasteiger partial charge in [-0.3, -0.25) is 9.69 Å². The summed E-state index contributed by atoms with van der Waals surface area (Å²) < 4.78 is 24.4. The van der Waals surface area contributed by atoms with Crippen LogP contribution in [0.3, 0.4) is 0 Å². The maximum atomic E-state index is 13.5. The molecule has 1 saturated heterocycles. The van der Waals surface area contributed by atoms with E-state index in [1.807, 2.05) is 11.8 Å². The third-order valence-electron chi connectivity index (χ3n) is 5.33. The Morgan fingerprint density at radius 1 is 1.13 bits per heavy atom. The van der Waals surface area contributed by atoms with Crippen molar-refractivity contribution in [3.8, 4) is 17.2 Å². The van der Waals surface area contributed by atoms with E-state index in [2.05, 4.69) is 9.88 Å². The smallest absolute Gasteiger partial charge is 0.253 e. The van der Waals surface area contributed by atoms with Gasteiger partial charge in [0, 0.05) is 43.9 Å². The van der Waals surface area contributed by atoms with Gasteiger partial charge in [-0.05, 0) is 49.4 Å². The van der Waals surface area contributed by atoms with Gasteiger partial charge in [0.1, 0.15) is 17.3 Å². The van der Waals surface area contributed by atoms with Crippen molar-refractivity contribution in [2.45, 2.75) is 13.5 Å². The van der Waals surface area contributed by atoms with E-state index in [1.165, 1.54) is 12.1 Å². The van der Waals surface area contributed by atoms with Crippen LogP contribution >= 0.6 is 0 Å². The first-order valence-electron chi connectivity index (χ1n) is 9.91. The number of hydrogen-bond acceptors (Lipinski definition) is 5. The summed E-state index contributed by atoms with van der Waals surface area (Å²) in [6.07, 6.45) is 0. The molecule has 2 aromatic carbocycles. The molecule has 4 rings (SSSR count). The van der Waals surface area contributed by atoms with Crippen LogP contribution < -0.4 is 4.74 Å². The fourth-order valence-corrected chi connectivity index (χ4v) is 3.56. The van der Waals surface area contributed by atoms with Gasteiger partial charge in [-0.15, -0.1) is 0 Å². The number of nitrogens with zero attached hydrogens (tertiary/aromatic N) is 3. The van der Waals surface area contributed by atoms with E-state index in [1.54, 1.807) is 43.5 Å². The average Bonchev–Trinajstić information content (AvgIpc) is 3.14. The number of methoxy groups -OCH3 is 1. The Balaban J connectivity index is 1.36. The van der Waals surface area contributed by atoms with Crippen LogP contribution in [0.4, 0.5) is 4.39 Å². The molecule has 0 saturated carbocycles. The van der Waals surface area contributed by atoms with Gasteiger partial charge in [0.2, 0.25) is 5.89 Å². The molecule has 1 aliphatic heterocycles. The lowest BCUT2D eigenvalue weighted by molar-refractivity contribution is 0.0626. The summed E-state index contributed by atoms with van der Waals surface area (Å²) in [5.41, 5.74) is 2.12. The van der Waals surface area contributed by atoms with Crippen molar-refractivity contribution in [1.29, 1.82) is 0 Å². The quantitative estimate of drug-likeness (QED) is 0.642. The number of halogens is 1. The van der Waals surface area contributed by atoms with Gasteiger partial charge >= 0.3 is 0 Å². The number of piperazine rings is 1. The molecule has 156 valence electrons. The normalized spacial score (nSPS) is 14.7. The van der Waals surface area contributed by atoms with Crippen molar-refractivity contribution in [1.82, 2.24) is 14.8 Å². The molecule has 0 radical (unpaired) electrons. The van der Waals surface area contributed by atoms with E-state index in [-0.39, 0.29) is 11.7 Å². The molecule has 0 atom stereocenters.